The molecule has 0 fully saturated rings. The molecule has 0 amide bonds. The maximum Gasteiger partial charge on any atom is 0.359 e. The lowest BCUT2D eigenvalue weighted by atomic mass is 10.1. The number of aromatic nitrogens is 2. The van der Waals surface area contributed by atoms with Gasteiger partial charge in [0.25, 0.3) is 0 Å². The molecule has 1 aromatic heterocycles. The van der Waals surface area contributed by atoms with Crippen molar-refractivity contribution >= 4 is 39.3 Å². The Balaban J connectivity index is 0.00000133. The Morgan fingerprint density at radius 2 is 2.05 bits per heavy atom. The molecular formula is C13H11Br2ClN2S. The van der Waals surface area contributed by atoms with Gasteiger partial charge in [-0.3, -0.25) is 0 Å². The Kier molecular flexibility index (Phi) is 5.29. The van der Waals surface area contributed by atoms with Crippen LogP contribution in [0, 0.1) is 0 Å². The lowest BCUT2D eigenvalue weighted by Gasteiger charge is -2.05. The van der Waals surface area contributed by atoms with Crippen molar-refractivity contribution in [3.8, 4) is 11.1 Å². The summed E-state index contributed by atoms with van der Waals surface area (Å²) in [7, 11) is 0. The highest BCUT2D eigenvalue weighted by molar-refractivity contribution is 9.09. The number of halogens is 3. The molecule has 3 rings (SSSR count). The molecule has 2 nitrogen and oxygen atoms in total. The zero-order valence-corrected chi connectivity index (χ0v) is 14.6. The van der Waals surface area contributed by atoms with Crippen LogP contribution in [0.1, 0.15) is 6.04 Å². The van der Waals surface area contributed by atoms with Crippen LogP contribution in [0.4, 0.5) is 0 Å². The first kappa shape index (κ1) is 15.3. The Morgan fingerprint density at radius 3 is 2.74 bits per heavy atom. The number of hydrogen-bond acceptors (Lipinski definition) is 2. The molecule has 2 aromatic rings. The van der Waals surface area contributed by atoms with E-state index in [9.17, 15) is 0 Å². The Labute approximate surface area is 140 Å². The normalized spacial score (nSPS) is 16.8. The summed E-state index contributed by atoms with van der Waals surface area (Å²) in [5, 5.41) is 2.82. The van der Waals surface area contributed by atoms with Crippen molar-refractivity contribution in [2.45, 2.75) is 11.2 Å². The standard InChI is InChI=1S/C13H11BrClN2S.BrH/c14-5-12-8-18-13-16-6-10(7-17(12)13)9-1-3-11(15)4-2-9;/h1-4,6-7,12H,5,8H2;1H/q+1;/p-1/t12-;/m1./s1. The number of fused-ring (bicyclic) bond motifs is 1. The van der Waals surface area contributed by atoms with Crippen molar-refractivity contribution in [3.05, 3.63) is 41.7 Å². The van der Waals surface area contributed by atoms with Gasteiger partial charge in [0.05, 0.1) is 5.56 Å². The number of benzene rings is 1. The summed E-state index contributed by atoms with van der Waals surface area (Å²) in [5.74, 6) is 1.09. The second kappa shape index (κ2) is 6.57. The number of thioether (sulfide) groups is 1. The summed E-state index contributed by atoms with van der Waals surface area (Å²) in [6.07, 6.45) is 4.11. The number of rotatable bonds is 2. The number of nitrogens with zero attached hydrogens (tertiary/aromatic N) is 2. The minimum Gasteiger partial charge on any atom is -1.00 e. The van der Waals surface area contributed by atoms with Gasteiger partial charge in [0.15, 0.2) is 6.20 Å². The van der Waals surface area contributed by atoms with Crippen molar-refractivity contribution in [1.82, 2.24) is 4.98 Å². The van der Waals surface area contributed by atoms with E-state index >= 15 is 0 Å². The Morgan fingerprint density at radius 1 is 1.32 bits per heavy atom. The molecule has 1 atom stereocenters. The van der Waals surface area contributed by atoms with E-state index in [1.807, 2.05) is 42.2 Å². The van der Waals surface area contributed by atoms with Gasteiger partial charge in [-0.2, -0.15) is 0 Å². The topological polar surface area (TPSA) is 16.8 Å². The molecule has 2 heterocycles. The fourth-order valence-electron chi connectivity index (χ4n) is 1.96. The van der Waals surface area contributed by atoms with Gasteiger partial charge in [0, 0.05) is 16.1 Å². The van der Waals surface area contributed by atoms with E-state index in [0.29, 0.717) is 6.04 Å². The molecule has 1 aromatic carbocycles. The van der Waals surface area contributed by atoms with Crippen LogP contribution in [0.5, 0.6) is 0 Å². The highest BCUT2D eigenvalue weighted by atomic mass is 79.9. The molecule has 1 aliphatic rings. The molecule has 0 saturated heterocycles. The van der Waals surface area contributed by atoms with E-state index in [1.165, 1.54) is 0 Å². The monoisotopic (exact) mass is 420 g/mol. The molecule has 0 radical (unpaired) electrons. The van der Waals surface area contributed by atoms with E-state index in [4.69, 9.17) is 11.6 Å². The molecule has 6 heteroatoms. The van der Waals surface area contributed by atoms with Gasteiger partial charge in [-0.25, -0.2) is 4.57 Å². The summed E-state index contributed by atoms with van der Waals surface area (Å²) >= 11 is 11.3. The molecule has 0 saturated carbocycles. The summed E-state index contributed by atoms with van der Waals surface area (Å²) in [6, 6.07) is 8.36. The van der Waals surface area contributed by atoms with Gasteiger partial charge in [0.1, 0.15) is 12.2 Å². The first-order valence-corrected chi connectivity index (χ1v) is 8.12. The summed E-state index contributed by atoms with van der Waals surface area (Å²) in [4.78, 5) is 4.53. The maximum atomic E-state index is 5.91. The van der Waals surface area contributed by atoms with E-state index in [0.717, 1.165) is 32.4 Å². The highest BCUT2D eigenvalue weighted by Gasteiger charge is 2.30. The van der Waals surface area contributed by atoms with Gasteiger partial charge < -0.3 is 17.0 Å². The van der Waals surface area contributed by atoms with Crippen molar-refractivity contribution in [1.29, 1.82) is 0 Å². The first-order chi connectivity index (χ1) is 8.78. The largest absolute Gasteiger partial charge is 1.00 e. The average Bonchev–Trinajstić information content (AvgIpc) is 2.81. The molecule has 0 unspecified atom stereocenters. The highest BCUT2D eigenvalue weighted by Crippen LogP contribution is 2.27. The average molecular weight is 423 g/mol. The number of hydrogen-bond donors (Lipinski definition) is 0. The van der Waals surface area contributed by atoms with Crippen molar-refractivity contribution in [2.24, 2.45) is 0 Å². The molecule has 100 valence electrons. The predicted octanol–water partition coefficient (Wildman–Crippen LogP) is 0.735. The molecule has 0 N–H and O–H groups in total. The molecule has 0 aliphatic carbocycles. The molecule has 19 heavy (non-hydrogen) atoms. The fourth-order valence-corrected chi connectivity index (χ4v) is 4.03. The zero-order valence-electron chi connectivity index (χ0n) is 9.89. The molecule has 1 aliphatic heterocycles. The van der Waals surface area contributed by atoms with Crippen molar-refractivity contribution < 1.29 is 21.5 Å². The van der Waals surface area contributed by atoms with Gasteiger partial charge >= 0.3 is 5.16 Å². The Hall–Kier alpha value is -0.100. The van der Waals surface area contributed by atoms with Crippen LogP contribution in [0.2, 0.25) is 5.02 Å². The van der Waals surface area contributed by atoms with Gasteiger partial charge in [0.2, 0.25) is 0 Å². The molecular weight excluding hydrogens is 411 g/mol. The van der Waals surface area contributed by atoms with Crippen LogP contribution in [0.25, 0.3) is 11.1 Å². The third-order valence-electron chi connectivity index (χ3n) is 2.97. The lowest BCUT2D eigenvalue weighted by Crippen LogP contribution is -3.00. The molecule has 0 bridgehead atoms. The van der Waals surface area contributed by atoms with Crippen LogP contribution < -0.4 is 21.5 Å². The second-order valence-corrected chi connectivity index (χ2v) is 6.23. The van der Waals surface area contributed by atoms with Gasteiger partial charge in [-0.15, -0.1) is 0 Å². The van der Waals surface area contributed by atoms with E-state index in [1.54, 1.807) is 0 Å². The van der Waals surface area contributed by atoms with E-state index in [2.05, 4.69) is 31.7 Å². The summed E-state index contributed by atoms with van der Waals surface area (Å²) < 4.78 is 2.25. The Bertz CT molecular complexity index is 577. The van der Waals surface area contributed by atoms with Crippen LogP contribution in [0.15, 0.2) is 41.8 Å². The summed E-state index contributed by atoms with van der Waals surface area (Å²) in [6.45, 7) is 0. The third kappa shape index (κ3) is 3.15. The third-order valence-corrected chi connectivity index (χ3v) is 5.09. The lowest BCUT2D eigenvalue weighted by molar-refractivity contribution is -0.746. The van der Waals surface area contributed by atoms with Crippen LogP contribution >= 0.6 is 39.3 Å². The van der Waals surface area contributed by atoms with Crippen LogP contribution in [-0.4, -0.2) is 16.1 Å². The van der Waals surface area contributed by atoms with Gasteiger partial charge in [-0.05, 0) is 34.4 Å². The zero-order chi connectivity index (χ0) is 12.5. The minimum atomic E-state index is 0. The van der Waals surface area contributed by atoms with Crippen molar-refractivity contribution in [2.75, 3.05) is 11.1 Å². The minimum absolute atomic E-state index is 0. The second-order valence-electron chi connectivity index (χ2n) is 4.16. The van der Waals surface area contributed by atoms with Crippen LogP contribution in [0.3, 0.4) is 0 Å². The fraction of sp³-hybridized carbons (Fsp3) is 0.231. The van der Waals surface area contributed by atoms with Gasteiger partial charge in [-0.1, -0.05) is 39.7 Å². The summed E-state index contributed by atoms with van der Waals surface area (Å²) in [5.41, 5.74) is 2.27. The SMILES string of the molecule is Clc1ccc(-c2cnc3[n+](c2)[C@H](CBr)CS3)cc1.[Br-]. The number of alkyl halides is 1. The van der Waals surface area contributed by atoms with Crippen LogP contribution in [-0.2, 0) is 0 Å². The smallest absolute Gasteiger partial charge is 0.359 e. The van der Waals surface area contributed by atoms with Crippen molar-refractivity contribution in [3.63, 3.8) is 0 Å². The maximum absolute atomic E-state index is 5.91. The molecule has 0 spiro atoms. The quantitative estimate of drug-likeness (QED) is 0.403. The predicted molar refractivity (Wildman–Crippen MR) is 78.4 cm³/mol. The first-order valence-electron chi connectivity index (χ1n) is 5.64. The van der Waals surface area contributed by atoms with E-state index in [-0.39, 0.29) is 17.0 Å². The van der Waals surface area contributed by atoms with E-state index < -0.39 is 0 Å².